The third-order valence-corrected chi connectivity index (χ3v) is 14.8. The lowest BCUT2D eigenvalue weighted by Gasteiger charge is -2.25. The summed E-state index contributed by atoms with van der Waals surface area (Å²) in [5.74, 6) is -0.184. The van der Waals surface area contributed by atoms with Crippen molar-refractivity contribution in [3.05, 3.63) is 36.5 Å². The van der Waals surface area contributed by atoms with Gasteiger partial charge in [0, 0.05) is 6.42 Å². The third kappa shape index (κ3) is 54.5. The van der Waals surface area contributed by atoms with Crippen LogP contribution in [-0.2, 0) is 18.4 Å². The number of phosphoric acid groups is 1. The van der Waals surface area contributed by atoms with Crippen molar-refractivity contribution in [1.82, 2.24) is 5.32 Å². The van der Waals surface area contributed by atoms with Crippen molar-refractivity contribution < 1.29 is 32.9 Å². The van der Waals surface area contributed by atoms with Crippen LogP contribution in [0.25, 0.3) is 0 Å². The van der Waals surface area contributed by atoms with Crippen LogP contribution in [0.2, 0.25) is 0 Å². The third-order valence-electron chi connectivity index (χ3n) is 13.8. The van der Waals surface area contributed by atoms with E-state index in [0.29, 0.717) is 17.4 Å². The summed E-state index contributed by atoms with van der Waals surface area (Å²) >= 11 is 0. The molecule has 3 N–H and O–H groups in total. The first-order chi connectivity index (χ1) is 34.0. The maximum Gasteiger partial charge on any atom is 0.472 e. The van der Waals surface area contributed by atoms with E-state index in [-0.39, 0.29) is 19.1 Å². The summed E-state index contributed by atoms with van der Waals surface area (Å²) in [6, 6.07) is -0.860. The van der Waals surface area contributed by atoms with E-state index in [1.54, 1.807) is 6.08 Å². The van der Waals surface area contributed by atoms with Crippen molar-refractivity contribution in [2.75, 3.05) is 40.9 Å². The molecule has 0 aromatic rings. The second-order valence-corrected chi connectivity index (χ2v) is 23.5. The summed E-state index contributed by atoms with van der Waals surface area (Å²) in [5, 5.41) is 13.8. The lowest BCUT2D eigenvalue weighted by atomic mass is 10.0. The smallest absolute Gasteiger partial charge is 0.387 e. The van der Waals surface area contributed by atoms with Gasteiger partial charge >= 0.3 is 7.82 Å². The molecule has 0 fully saturated rings. The predicted molar refractivity (Wildman–Crippen MR) is 304 cm³/mol. The Morgan fingerprint density at radius 1 is 0.471 bits per heavy atom. The highest BCUT2D eigenvalue weighted by molar-refractivity contribution is 7.47. The Bertz CT molecular complexity index is 1230. The number of allylic oxidation sites excluding steroid dienone is 5. The zero-order chi connectivity index (χ0) is 51.3. The molecule has 0 radical (unpaired) electrons. The van der Waals surface area contributed by atoms with Crippen LogP contribution in [0.3, 0.4) is 0 Å². The molecule has 0 heterocycles. The average Bonchev–Trinajstić information content (AvgIpc) is 3.32. The fourth-order valence-electron chi connectivity index (χ4n) is 9.06. The van der Waals surface area contributed by atoms with Crippen LogP contribution in [0, 0.1) is 0 Å². The van der Waals surface area contributed by atoms with E-state index in [1.807, 2.05) is 27.2 Å². The zero-order valence-electron chi connectivity index (χ0n) is 47.3. The molecule has 0 aromatic heterocycles. The van der Waals surface area contributed by atoms with Crippen LogP contribution in [-0.4, -0.2) is 73.4 Å². The number of unbranched alkanes of at least 4 members (excludes halogenated alkanes) is 39. The van der Waals surface area contributed by atoms with Crippen molar-refractivity contribution in [2.45, 2.75) is 309 Å². The monoisotopic (exact) mass is 1010 g/mol. The van der Waals surface area contributed by atoms with Crippen molar-refractivity contribution >= 4 is 13.7 Å². The molecule has 0 aromatic carbocycles. The molecular formula is C61H120N2O6P+. The number of amides is 1. The van der Waals surface area contributed by atoms with Gasteiger partial charge < -0.3 is 19.8 Å². The van der Waals surface area contributed by atoms with E-state index < -0.39 is 20.0 Å². The number of hydrogen-bond acceptors (Lipinski definition) is 5. The molecule has 0 aliphatic carbocycles. The Morgan fingerprint density at radius 3 is 1.14 bits per heavy atom. The molecule has 0 saturated heterocycles. The molecule has 0 saturated carbocycles. The van der Waals surface area contributed by atoms with Gasteiger partial charge in [0.15, 0.2) is 0 Å². The minimum absolute atomic E-state index is 0.0576. The first kappa shape index (κ1) is 68.7. The molecule has 414 valence electrons. The molecule has 9 heteroatoms. The van der Waals surface area contributed by atoms with Crippen molar-refractivity contribution in [1.29, 1.82) is 0 Å². The number of carbonyl (C=O) groups is 1. The summed E-state index contributed by atoms with van der Waals surface area (Å²) < 4.78 is 23.6. The largest absolute Gasteiger partial charge is 0.472 e. The highest BCUT2D eigenvalue weighted by atomic mass is 31.2. The summed E-state index contributed by atoms with van der Waals surface area (Å²) in [7, 11) is 1.56. The van der Waals surface area contributed by atoms with Gasteiger partial charge in [-0.3, -0.25) is 13.8 Å². The van der Waals surface area contributed by atoms with Gasteiger partial charge in [-0.25, -0.2) is 4.57 Å². The zero-order valence-corrected chi connectivity index (χ0v) is 48.2. The van der Waals surface area contributed by atoms with E-state index in [4.69, 9.17) is 9.05 Å². The maximum absolute atomic E-state index is 12.9. The number of nitrogens with one attached hydrogen (secondary N) is 1. The fraction of sp³-hybridized carbons (Fsp3) is 0.885. The molecule has 1 amide bonds. The Kier molecular flexibility index (Phi) is 51.6. The number of phosphoric ester groups is 1. The summed E-state index contributed by atoms with van der Waals surface area (Å²) in [4.78, 5) is 23.2. The van der Waals surface area contributed by atoms with Gasteiger partial charge in [-0.05, 0) is 57.8 Å². The topological polar surface area (TPSA) is 105 Å². The first-order valence-electron chi connectivity index (χ1n) is 30.4. The van der Waals surface area contributed by atoms with Gasteiger partial charge in [-0.1, -0.05) is 269 Å². The Labute approximate surface area is 436 Å². The molecule has 8 nitrogen and oxygen atoms in total. The van der Waals surface area contributed by atoms with Gasteiger partial charge in [-0.2, -0.15) is 0 Å². The van der Waals surface area contributed by atoms with E-state index >= 15 is 0 Å². The molecule has 0 aliphatic heterocycles. The van der Waals surface area contributed by atoms with Crippen molar-refractivity contribution in [2.24, 2.45) is 0 Å². The summed E-state index contributed by atoms with van der Waals surface area (Å²) in [5.41, 5.74) is 0. The molecule has 0 spiro atoms. The summed E-state index contributed by atoms with van der Waals surface area (Å²) in [6.07, 6.45) is 68.7. The number of hydrogen-bond donors (Lipinski definition) is 3. The van der Waals surface area contributed by atoms with Crippen molar-refractivity contribution in [3.8, 4) is 0 Å². The molecule has 0 bridgehead atoms. The minimum atomic E-state index is -4.35. The molecule has 0 aliphatic rings. The minimum Gasteiger partial charge on any atom is -0.387 e. The second-order valence-electron chi connectivity index (χ2n) is 22.1. The first-order valence-corrected chi connectivity index (χ1v) is 31.9. The molecule has 70 heavy (non-hydrogen) atoms. The molecule has 3 atom stereocenters. The number of aliphatic hydroxyl groups is 1. The van der Waals surface area contributed by atoms with Gasteiger partial charge in [0.2, 0.25) is 5.91 Å². The van der Waals surface area contributed by atoms with Crippen LogP contribution in [0.15, 0.2) is 36.5 Å². The number of likely N-dealkylation sites (N-methyl/N-ethyl adjacent to an activating group) is 1. The highest BCUT2D eigenvalue weighted by Gasteiger charge is 2.27. The Hall–Kier alpha value is -1.28. The van der Waals surface area contributed by atoms with Gasteiger partial charge in [0.05, 0.1) is 39.9 Å². The normalized spacial score (nSPS) is 14.1. The number of aliphatic hydroxyl groups excluding tert-OH is 1. The van der Waals surface area contributed by atoms with Crippen LogP contribution < -0.4 is 5.32 Å². The van der Waals surface area contributed by atoms with Gasteiger partial charge in [0.25, 0.3) is 0 Å². The maximum atomic E-state index is 12.9. The molecule has 0 rings (SSSR count). The second kappa shape index (κ2) is 52.6. The highest BCUT2D eigenvalue weighted by Crippen LogP contribution is 2.43. The fourth-order valence-corrected chi connectivity index (χ4v) is 9.79. The quantitative estimate of drug-likeness (QED) is 0.0243. The van der Waals surface area contributed by atoms with Gasteiger partial charge in [0.1, 0.15) is 13.2 Å². The van der Waals surface area contributed by atoms with Crippen LogP contribution >= 0.6 is 7.82 Å². The van der Waals surface area contributed by atoms with Crippen LogP contribution in [0.1, 0.15) is 296 Å². The SMILES string of the molecule is CCCCCCC/C=C/CC/C=C/C(O)C(COP(=O)(O)OCC[N+](C)(C)C)NC(=O)CCCCCCCCCCCCCCCCCCCCCCCCCCC/C=C\CCCCCCCCCC. The number of carbonyl (C=O) groups excluding carboxylic acids is 1. The summed E-state index contributed by atoms with van der Waals surface area (Å²) in [6.45, 7) is 4.79. The predicted octanol–water partition coefficient (Wildman–Crippen LogP) is 18.5. The Morgan fingerprint density at radius 2 is 0.786 bits per heavy atom. The standard InChI is InChI=1S/C61H119N2O6P/c1-6-8-10-12-14-16-18-19-20-21-22-23-24-25-26-27-28-29-30-31-32-33-34-35-36-37-38-39-40-41-42-43-45-47-49-51-53-55-61(65)62-59(58-69-70(66,67)68-57-56-63(3,4)5)60(64)54-52-50-48-46-44-17-15-13-11-9-7-2/h21-22,44,46,52,54,59-60,64H,6-20,23-43,45,47-51,53,55-58H2,1-5H3,(H-,62,65,66,67)/p+1/b22-21-,46-44+,54-52+. The van der Waals surface area contributed by atoms with Crippen LogP contribution in [0.4, 0.5) is 0 Å². The average molecular weight is 1010 g/mol. The van der Waals surface area contributed by atoms with Gasteiger partial charge in [-0.15, -0.1) is 0 Å². The lowest BCUT2D eigenvalue weighted by Crippen LogP contribution is -2.45. The van der Waals surface area contributed by atoms with E-state index in [0.717, 1.165) is 38.5 Å². The molecular weight excluding hydrogens is 888 g/mol. The molecule has 3 unspecified atom stereocenters. The lowest BCUT2D eigenvalue weighted by molar-refractivity contribution is -0.870. The van der Waals surface area contributed by atoms with E-state index in [9.17, 15) is 19.4 Å². The van der Waals surface area contributed by atoms with Crippen LogP contribution in [0.5, 0.6) is 0 Å². The van der Waals surface area contributed by atoms with E-state index in [1.165, 1.54) is 238 Å². The van der Waals surface area contributed by atoms with E-state index in [2.05, 4.69) is 43.5 Å². The number of nitrogens with zero attached hydrogens (tertiary/aromatic N) is 1. The number of quaternary nitrogens is 1. The van der Waals surface area contributed by atoms with Crippen molar-refractivity contribution in [3.63, 3.8) is 0 Å². The Balaban J connectivity index is 3.86. The number of rotatable bonds is 56.